The van der Waals surface area contributed by atoms with E-state index in [1.807, 2.05) is 12.1 Å². The van der Waals surface area contributed by atoms with Gasteiger partial charge >= 0.3 is 10.3 Å². The van der Waals surface area contributed by atoms with E-state index in [9.17, 15) is 8.42 Å². The lowest BCUT2D eigenvalue weighted by Crippen LogP contribution is -2.19. The minimum Gasteiger partial charge on any atom is -0.490 e. The number of fused-ring (bicyclic) bond motifs is 1. The van der Waals surface area contributed by atoms with Crippen LogP contribution in [-0.2, 0) is 15.0 Å². The Hall–Kier alpha value is -1.83. The molecule has 2 N–H and O–H groups in total. The lowest BCUT2D eigenvalue weighted by molar-refractivity contribution is 0.265. The minimum absolute atomic E-state index is 0.147. The van der Waals surface area contributed by atoms with Gasteiger partial charge in [-0.05, 0) is 12.1 Å². The Balaban J connectivity index is 1.99. The molecule has 1 atom stereocenters. The molecule has 106 valence electrons. The zero-order valence-corrected chi connectivity index (χ0v) is 11.3. The summed E-state index contributed by atoms with van der Waals surface area (Å²) in [4.78, 5) is 0. The predicted octanol–water partition coefficient (Wildman–Crippen LogP) is 1.20. The van der Waals surface area contributed by atoms with Gasteiger partial charge in [0.1, 0.15) is 18.5 Å². The molecule has 1 fully saturated rings. The Morgan fingerprint density at radius 2 is 1.75 bits per heavy atom. The quantitative estimate of drug-likeness (QED) is 0.837. The van der Waals surface area contributed by atoms with Crippen molar-refractivity contribution >= 4 is 21.1 Å². The number of rotatable bonds is 5. The van der Waals surface area contributed by atoms with Gasteiger partial charge in [0.15, 0.2) is 5.75 Å². The Morgan fingerprint density at radius 3 is 2.35 bits per heavy atom. The van der Waals surface area contributed by atoms with Crippen molar-refractivity contribution in [3.05, 3.63) is 36.4 Å². The van der Waals surface area contributed by atoms with Gasteiger partial charge in [-0.1, -0.05) is 24.3 Å². The SMILES string of the molecule is NS(=O)(=O)Oc1cccc2c(OCC3CO3)cccc12. The molecule has 2 aromatic rings. The summed E-state index contributed by atoms with van der Waals surface area (Å²) < 4.78 is 37.7. The molecular weight excluding hydrogens is 282 g/mol. The summed E-state index contributed by atoms with van der Waals surface area (Å²) in [6.07, 6.45) is 0.147. The molecule has 2 aromatic carbocycles. The topological polar surface area (TPSA) is 91.2 Å². The van der Waals surface area contributed by atoms with Gasteiger partial charge in [-0.15, -0.1) is 0 Å². The first kappa shape index (κ1) is 13.2. The average molecular weight is 295 g/mol. The molecule has 1 aliphatic rings. The first-order valence-corrected chi connectivity index (χ1v) is 7.48. The van der Waals surface area contributed by atoms with Crippen LogP contribution in [0.5, 0.6) is 11.5 Å². The van der Waals surface area contributed by atoms with Crippen LogP contribution < -0.4 is 14.1 Å². The largest absolute Gasteiger partial charge is 0.490 e. The molecule has 1 unspecified atom stereocenters. The number of epoxide rings is 1. The minimum atomic E-state index is -4.06. The van der Waals surface area contributed by atoms with E-state index in [1.54, 1.807) is 24.3 Å². The van der Waals surface area contributed by atoms with Crippen molar-refractivity contribution in [1.29, 1.82) is 0 Å². The van der Waals surface area contributed by atoms with Crippen molar-refractivity contribution in [3.63, 3.8) is 0 Å². The molecule has 0 aromatic heterocycles. The van der Waals surface area contributed by atoms with Crippen molar-refractivity contribution in [1.82, 2.24) is 0 Å². The molecule has 1 aliphatic heterocycles. The van der Waals surface area contributed by atoms with Gasteiger partial charge in [0.2, 0.25) is 0 Å². The normalized spacial score (nSPS) is 17.9. The van der Waals surface area contributed by atoms with Crippen LogP contribution >= 0.6 is 0 Å². The Bertz CT molecular complexity index is 740. The number of hydrogen-bond acceptors (Lipinski definition) is 5. The van der Waals surface area contributed by atoms with E-state index in [1.165, 1.54) is 0 Å². The molecule has 6 nitrogen and oxygen atoms in total. The predicted molar refractivity (Wildman–Crippen MR) is 72.9 cm³/mol. The molecule has 0 spiro atoms. The van der Waals surface area contributed by atoms with E-state index in [2.05, 4.69) is 0 Å². The number of benzene rings is 2. The maximum absolute atomic E-state index is 11.1. The van der Waals surface area contributed by atoms with E-state index >= 15 is 0 Å². The van der Waals surface area contributed by atoms with Crippen molar-refractivity contribution in [3.8, 4) is 11.5 Å². The molecule has 0 amide bonds. The smallest absolute Gasteiger partial charge is 0.380 e. The van der Waals surface area contributed by atoms with Crippen molar-refractivity contribution < 1.29 is 22.1 Å². The van der Waals surface area contributed by atoms with Gasteiger partial charge in [-0.25, -0.2) is 0 Å². The van der Waals surface area contributed by atoms with E-state index < -0.39 is 10.3 Å². The summed E-state index contributed by atoms with van der Waals surface area (Å²) in [7, 11) is -4.06. The zero-order valence-electron chi connectivity index (χ0n) is 10.5. The molecule has 0 saturated carbocycles. The van der Waals surface area contributed by atoms with E-state index in [0.717, 1.165) is 5.39 Å². The maximum atomic E-state index is 11.1. The van der Waals surface area contributed by atoms with Gasteiger partial charge in [0.25, 0.3) is 0 Å². The van der Waals surface area contributed by atoms with Gasteiger partial charge in [-0.3, -0.25) is 0 Å². The van der Waals surface area contributed by atoms with Crippen LogP contribution in [0.2, 0.25) is 0 Å². The first-order valence-electron chi connectivity index (χ1n) is 6.01. The van der Waals surface area contributed by atoms with Gasteiger partial charge in [-0.2, -0.15) is 13.6 Å². The number of hydrogen-bond donors (Lipinski definition) is 1. The summed E-state index contributed by atoms with van der Waals surface area (Å²) in [6.45, 7) is 1.18. The van der Waals surface area contributed by atoms with Crippen LogP contribution in [0.15, 0.2) is 36.4 Å². The fraction of sp³-hybridized carbons (Fsp3) is 0.231. The molecule has 3 rings (SSSR count). The summed E-state index contributed by atoms with van der Waals surface area (Å²) in [5, 5.41) is 6.29. The van der Waals surface area contributed by atoms with Crippen molar-refractivity contribution in [2.24, 2.45) is 5.14 Å². The maximum Gasteiger partial charge on any atom is 0.380 e. The lowest BCUT2D eigenvalue weighted by Gasteiger charge is -2.11. The van der Waals surface area contributed by atoms with E-state index in [0.29, 0.717) is 24.3 Å². The van der Waals surface area contributed by atoms with E-state index in [4.69, 9.17) is 18.8 Å². The van der Waals surface area contributed by atoms with Crippen molar-refractivity contribution in [2.75, 3.05) is 13.2 Å². The van der Waals surface area contributed by atoms with Crippen LogP contribution in [0, 0.1) is 0 Å². The van der Waals surface area contributed by atoms with Crippen LogP contribution in [0.25, 0.3) is 10.8 Å². The second-order valence-electron chi connectivity index (χ2n) is 4.45. The highest BCUT2D eigenvalue weighted by Gasteiger charge is 2.23. The van der Waals surface area contributed by atoms with Crippen LogP contribution in [0.1, 0.15) is 0 Å². The lowest BCUT2D eigenvalue weighted by atomic mass is 10.1. The monoisotopic (exact) mass is 295 g/mol. The molecule has 1 heterocycles. The summed E-state index contributed by atoms with van der Waals surface area (Å²) in [5.41, 5.74) is 0. The van der Waals surface area contributed by atoms with Crippen LogP contribution in [0.4, 0.5) is 0 Å². The summed E-state index contributed by atoms with van der Waals surface area (Å²) in [5.74, 6) is 0.830. The average Bonchev–Trinajstić information content (AvgIpc) is 3.19. The number of ether oxygens (including phenoxy) is 2. The Morgan fingerprint density at radius 1 is 1.15 bits per heavy atom. The highest BCUT2D eigenvalue weighted by molar-refractivity contribution is 7.84. The third-order valence-corrected chi connectivity index (χ3v) is 3.29. The second-order valence-corrected chi connectivity index (χ2v) is 5.60. The molecule has 20 heavy (non-hydrogen) atoms. The molecule has 1 saturated heterocycles. The fourth-order valence-electron chi connectivity index (χ4n) is 1.92. The van der Waals surface area contributed by atoms with Gasteiger partial charge in [0, 0.05) is 10.8 Å². The molecule has 0 aliphatic carbocycles. The van der Waals surface area contributed by atoms with Crippen molar-refractivity contribution in [2.45, 2.75) is 6.10 Å². The summed E-state index contributed by atoms with van der Waals surface area (Å²) >= 11 is 0. The van der Waals surface area contributed by atoms with Crippen LogP contribution in [0.3, 0.4) is 0 Å². The molecule has 0 radical (unpaired) electrons. The highest BCUT2D eigenvalue weighted by Crippen LogP contribution is 2.33. The molecule has 7 heteroatoms. The molecular formula is C13H13NO5S. The van der Waals surface area contributed by atoms with Crippen LogP contribution in [-0.4, -0.2) is 27.7 Å². The number of nitrogens with two attached hydrogens (primary N) is 1. The standard InChI is InChI=1S/C13H13NO5S/c14-20(15,16)19-13-6-2-3-10-11(13)4-1-5-12(10)18-8-9-7-17-9/h1-6,9H,7-8H2,(H2,14,15,16). The fourth-order valence-corrected chi connectivity index (χ4v) is 2.32. The second kappa shape index (κ2) is 4.93. The van der Waals surface area contributed by atoms with Gasteiger partial charge in [0.05, 0.1) is 6.61 Å². The van der Waals surface area contributed by atoms with Gasteiger partial charge < -0.3 is 13.7 Å². The van der Waals surface area contributed by atoms with E-state index in [-0.39, 0.29) is 11.9 Å². The zero-order chi connectivity index (χ0) is 14.2. The Kier molecular flexibility index (Phi) is 3.25. The molecule has 0 bridgehead atoms. The third kappa shape index (κ3) is 3.01. The summed E-state index contributed by atoms with van der Waals surface area (Å²) in [6, 6.07) is 10.4. The Labute approximate surface area is 116 Å². The highest BCUT2D eigenvalue weighted by atomic mass is 32.2. The first-order chi connectivity index (χ1) is 9.53. The third-order valence-electron chi connectivity index (χ3n) is 2.88.